The lowest BCUT2D eigenvalue weighted by Crippen LogP contribution is -2.25. The highest BCUT2D eigenvalue weighted by Gasteiger charge is 2.17. The van der Waals surface area contributed by atoms with Gasteiger partial charge in [-0.2, -0.15) is 0 Å². The predicted octanol–water partition coefficient (Wildman–Crippen LogP) is 3.94. The van der Waals surface area contributed by atoms with Crippen molar-refractivity contribution < 1.29 is 0 Å². The van der Waals surface area contributed by atoms with Gasteiger partial charge in [-0.05, 0) is 43.4 Å². The van der Waals surface area contributed by atoms with Gasteiger partial charge in [-0.3, -0.25) is 0 Å². The van der Waals surface area contributed by atoms with Crippen LogP contribution < -0.4 is 10.6 Å². The maximum atomic E-state index is 6.04. The highest BCUT2D eigenvalue weighted by Crippen LogP contribution is 2.30. The lowest BCUT2D eigenvalue weighted by Gasteiger charge is -2.24. The smallest absolute Gasteiger partial charge is 0.0600 e. The van der Waals surface area contributed by atoms with Gasteiger partial charge < -0.3 is 10.6 Å². The van der Waals surface area contributed by atoms with Crippen LogP contribution in [-0.2, 0) is 0 Å². The minimum Gasteiger partial charge on any atom is -0.397 e. The molecule has 0 saturated carbocycles. The van der Waals surface area contributed by atoms with Crippen molar-refractivity contribution in [2.45, 2.75) is 32.6 Å². The lowest BCUT2D eigenvalue weighted by molar-refractivity contribution is 0.459. The van der Waals surface area contributed by atoms with Crippen LogP contribution in [0.4, 0.5) is 11.4 Å². The first-order valence-corrected chi connectivity index (χ1v) is 6.88. The zero-order valence-electron chi connectivity index (χ0n) is 10.5. The average Bonchev–Trinajstić information content (AvgIpc) is 2.54. The van der Waals surface area contributed by atoms with Crippen LogP contribution in [0, 0.1) is 5.92 Å². The molecule has 0 aromatic heterocycles. The molecule has 0 amide bonds. The number of hydrogen-bond acceptors (Lipinski definition) is 2. The zero-order chi connectivity index (χ0) is 12.3. The van der Waals surface area contributed by atoms with Crippen molar-refractivity contribution in [2.75, 3.05) is 23.7 Å². The predicted molar refractivity (Wildman–Crippen MR) is 75.7 cm³/mol. The van der Waals surface area contributed by atoms with Gasteiger partial charge in [-0.15, -0.1) is 0 Å². The average molecular weight is 253 g/mol. The van der Waals surface area contributed by atoms with Crippen molar-refractivity contribution >= 4 is 23.0 Å². The molecule has 1 atom stereocenters. The third-order valence-corrected chi connectivity index (χ3v) is 3.99. The summed E-state index contributed by atoms with van der Waals surface area (Å²) in [6.07, 6.45) is 5.18. The molecule has 1 unspecified atom stereocenters. The Labute approximate surface area is 109 Å². The summed E-state index contributed by atoms with van der Waals surface area (Å²) < 4.78 is 0. The maximum absolute atomic E-state index is 6.04. The lowest BCUT2D eigenvalue weighted by atomic mass is 9.98. The quantitative estimate of drug-likeness (QED) is 0.808. The van der Waals surface area contributed by atoms with E-state index in [4.69, 9.17) is 17.3 Å². The summed E-state index contributed by atoms with van der Waals surface area (Å²) in [7, 11) is 0. The van der Waals surface area contributed by atoms with Gasteiger partial charge in [0.05, 0.1) is 11.4 Å². The largest absolute Gasteiger partial charge is 0.397 e. The van der Waals surface area contributed by atoms with Crippen LogP contribution in [0.15, 0.2) is 18.2 Å². The molecular weight excluding hydrogens is 232 g/mol. The first kappa shape index (κ1) is 12.6. The van der Waals surface area contributed by atoms with E-state index >= 15 is 0 Å². The van der Waals surface area contributed by atoms with Crippen LogP contribution in [0.25, 0.3) is 0 Å². The molecule has 0 aliphatic carbocycles. The van der Waals surface area contributed by atoms with Crippen LogP contribution in [0.5, 0.6) is 0 Å². The van der Waals surface area contributed by atoms with Gasteiger partial charge in [0.15, 0.2) is 0 Å². The summed E-state index contributed by atoms with van der Waals surface area (Å²) in [5.41, 5.74) is 7.99. The molecular formula is C14H21ClN2. The van der Waals surface area contributed by atoms with Crippen molar-refractivity contribution in [3.63, 3.8) is 0 Å². The maximum Gasteiger partial charge on any atom is 0.0600 e. The van der Waals surface area contributed by atoms with Gasteiger partial charge in [0.1, 0.15) is 0 Å². The molecule has 94 valence electrons. The molecule has 1 fully saturated rings. The van der Waals surface area contributed by atoms with E-state index in [1.807, 2.05) is 18.2 Å². The Hall–Kier alpha value is -0.890. The van der Waals surface area contributed by atoms with E-state index in [-0.39, 0.29) is 0 Å². The SMILES string of the molecule is CCC1CCCN(c2ccc(Cl)cc2N)CC1. The number of nitrogen functional groups attached to an aromatic ring is 1. The number of rotatable bonds is 2. The molecule has 1 aromatic carbocycles. The van der Waals surface area contributed by atoms with Crippen molar-refractivity contribution in [1.82, 2.24) is 0 Å². The van der Waals surface area contributed by atoms with Gasteiger partial charge in [0, 0.05) is 18.1 Å². The molecule has 1 aliphatic rings. The molecule has 1 aliphatic heterocycles. The van der Waals surface area contributed by atoms with Gasteiger partial charge in [-0.25, -0.2) is 0 Å². The fraction of sp³-hybridized carbons (Fsp3) is 0.571. The zero-order valence-corrected chi connectivity index (χ0v) is 11.2. The Bertz CT molecular complexity index is 378. The molecule has 0 radical (unpaired) electrons. The van der Waals surface area contributed by atoms with Gasteiger partial charge in [-0.1, -0.05) is 24.9 Å². The Kier molecular flexibility index (Phi) is 4.16. The summed E-state index contributed by atoms with van der Waals surface area (Å²) in [5.74, 6) is 0.883. The molecule has 0 bridgehead atoms. The number of nitrogens with zero attached hydrogens (tertiary/aromatic N) is 1. The number of anilines is 2. The van der Waals surface area contributed by atoms with Crippen molar-refractivity contribution in [1.29, 1.82) is 0 Å². The van der Waals surface area contributed by atoms with Crippen LogP contribution in [-0.4, -0.2) is 13.1 Å². The minimum absolute atomic E-state index is 0.715. The Balaban J connectivity index is 2.11. The van der Waals surface area contributed by atoms with E-state index in [0.717, 1.165) is 30.4 Å². The fourth-order valence-corrected chi connectivity index (χ4v) is 2.81. The van der Waals surface area contributed by atoms with E-state index < -0.39 is 0 Å². The molecule has 1 aromatic rings. The van der Waals surface area contributed by atoms with Crippen LogP contribution in [0.1, 0.15) is 32.6 Å². The molecule has 1 saturated heterocycles. The Morgan fingerprint density at radius 2 is 2.18 bits per heavy atom. The second kappa shape index (κ2) is 5.63. The van der Waals surface area contributed by atoms with Crippen LogP contribution in [0.3, 0.4) is 0 Å². The highest BCUT2D eigenvalue weighted by atomic mass is 35.5. The van der Waals surface area contributed by atoms with E-state index in [9.17, 15) is 0 Å². The molecule has 2 nitrogen and oxygen atoms in total. The number of hydrogen-bond donors (Lipinski definition) is 1. The summed E-state index contributed by atoms with van der Waals surface area (Å²) in [5, 5.41) is 0.715. The van der Waals surface area contributed by atoms with Crippen LogP contribution in [0.2, 0.25) is 5.02 Å². The van der Waals surface area contributed by atoms with Crippen LogP contribution >= 0.6 is 11.6 Å². The number of halogens is 1. The first-order chi connectivity index (χ1) is 8.20. The summed E-state index contributed by atoms with van der Waals surface area (Å²) in [4.78, 5) is 2.40. The first-order valence-electron chi connectivity index (χ1n) is 6.50. The fourth-order valence-electron chi connectivity index (χ4n) is 2.63. The van der Waals surface area contributed by atoms with Gasteiger partial charge >= 0.3 is 0 Å². The van der Waals surface area contributed by atoms with E-state index in [1.54, 1.807) is 0 Å². The second-order valence-electron chi connectivity index (χ2n) is 4.90. The second-order valence-corrected chi connectivity index (χ2v) is 5.33. The molecule has 2 N–H and O–H groups in total. The minimum atomic E-state index is 0.715. The van der Waals surface area contributed by atoms with E-state index in [1.165, 1.54) is 25.7 Å². The third kappa shape index (κ3) is 3.06. The standard InChI is InChI=1S/C14H21ClN2/c1-2-11-4-3-8-17(9-7-11)14-6-5-12(15)10-13(14)16/h5-6,10-11H,2-4,7-9,16H2,1H3. The van der Waals surface area contributed by atoms with Crippen molar-refractivity contribution in [3.05, 3.63) is 23.2 Å². The monoisotopic (exact) mass is 252 g/mol. The van der Waals surface area contributed by atoms with E-state index in [2.05, 4.69) is 11.8 Å². The topological polar surface area (TPSA) is 29.3 Å². The summed E-state index contributed by atoms with van der Waals surface area (Å²) >= 11 is 5.94. The van der Waals surface area contributed by atoms with Crippen molar-refractivity contribution in [2.24, 2.45) is 5.92 Å². The number of nitrogens with two attached hydrogens (primary N) is 1. The molecule has 0 spiro atoms. The summed E-state index contributed by atoms with van der Waals surface area (Å²) in [6, 6.07) is 5.82. The molecule has 1 heterocycles. The summed E-state index contributed by atoms with van der Waals surface area (Å²) in [6.45, 7) is 4.52. The van der Waals surface area contributed by atoms with Crippen molar-refractivity contribution in [3.8, 4) is 0 Å². The number of benzene rings is 1. The van der Waals surface area contributed by atoms with E-state index in [0.29, 0.717) is 5.02 Å². The van der Waals surface area contributed by atoms with Gasteiger partial charge in [0.2, 0.25) is 0 Å². The molecule has 3 heteroatoms. The molecule has 17 heavy (non-hydrogen) atoms. The highest BCUT2D eigenvalue weighted by molar-refractivity contribution is 6.31. The Morgan fingerprint density at radius 1 is 1.35 bits per heavy atom. The molecule has 2 rings (SSSR count). The Morgan fingerprint density at radius 3 is 2.88 bits per heavy atom. The third-order valence-electron chi connectivity index (χ3n) is 3.76. The normalized spacial score (nSPS) is 21.3. The van der Waals surface area contributed by atoms with Gasteiger partial charge in [0.25, 0.3) is 0 Å².